The molecule has 0 saturated carbocycles. The molecule has 0 aliphatic heterocycles. The SMILES string of the molecule is C=CC(=O)N(C)c1cccc(-c2ccc(CCC)cc2)c1C#N. The highest BCUT2D eigenvalue weighted by Crippen LogP contribution is 2.31. The van der Waals surface area contributed by atoms with E-state index in [0.717, 1.165) is 24.0 Å². The molecule has 0 fully saturated rings. The first-order valence-electron chi connectivity index (χ1n) is 7.65. The lowest BCUT2D eigenvalue weighted by Gasteiger charge is -2.18. The summed E-state index contributed by atoms with van der Waals surface area (Å²) in [5.41, 5.74) is 4.17. The number of anilines is 1. The molecule has 0 saturated heterocycles. The predicted octanol–water partition coefficient (Wildman–Crippen LogP) is 4.33. The number of nitriles is 1. The van der Waals surface area contributed by atoms with Gasteiger partial charge in [-0.05, 0) is 29.7 Å². The fourth-order valence-electron chi connectivity index (χ4n) is 2.57. The summed E-state index contributed by atoms with van der Waals surface area (Å²) in [5, 5.41) is 9.59. The van der Waals surface area contributed by atoms with Gasteiger partial charge in [0.15, 0.2) is 0 Å². The smallest absolute Gasteiger partial charge is 0.250 e. The van der Waals surface area contributed by atoms with Crippen molar-refractivity contribution in [1.29, 1.82) is 5.26 Å². The first-order valence-corrected chi connectivity index (χ1v) is 7.65. The van der Waals surface area contributed by atoms with Gasteiger partial charge in [0, 0.05) is 12.6 Å². The summed E-state index contributed by atoms with van der Waals surface area (Å²) in [6.07, 6.45) is 3.39. The van der Waals surface area contributed by atoms with E-state index in [1.54, 1.807) is 13.1 Å². The quantitative estimate of drug-likeness (QED) is 0.772. The summed E-state index contributed by atoms with van der Waals surface area (Å²) in [4.78, 5) is 13.3. The number of carbonyl (C=O) groups excluding carboxylic acids is 1. The number of likely N-dealkylation sites (N-methyl/N-ethyl adjacent to an activating group) is 1. The van der Waals surface area contributed by atoms with Crippen LogP contribution in [0.15, 0.2) is 55.1 Å². The van der Waals surface area contributed by atoms with Crippen molar-refractivity contribution < 1.29 is 4.79 Å². The number of amides is 1. The van der Waals surface area contributed by atoms with E-state index in [2.05, 4.69) is 31.7 Å². The van der Waals surface area contributed by atoms with Crippen LogP contribution < -0.4 is 4.90 Å². The number of hydrogen-bond acceptors (Lipinski definition) is 2. The van der Waals surface area contributed by atoms with Crippen LogP contribution in [-0.2, 0) is 11.2 Å². The molecule has 2 aromatic rings. The maximum absolute atomic E-state index is 11.8. The molecule has 0 aliphatic carbocycles. The van der Waals surface area contributed by atoms with Crippen molar-refractivity contribution in [3.05, 3.63) is 66.2 Å². The molecule has 3 heteroatoms. The summed E-state index contributed by atoms with van der Waals surface area (Å²) in [5.74, 6) is -0.239. The van der Waals surface area contributed by atoms with E-state index < -0.39 is 0 Å². The molecular weight excluding hydrogens is 284 g/mol. The van der Waals surface area contributed by atoms with E-state index in [-0.39, 0.29) is 5.91 Å². The van der Waals surface area contributed by atoms with Gasteiger partial charge in [0.2, 0.25) is 5.91 Å². The summed E-state index contributed by atoms with van der Waals surface area (Å²) in [6.45, 7) is 5.65. The van der Waals surface area contributed by atoms with E-state index in [1.165, 1.54) is 16.5 Å². The average Bonchev–Trinajstić information content (AvgIpc) is 2.60. The zero-order valence-corrected chi connectivity index (χ0v) is 13.5. The third-order valence-electron chi connectivity index (χ3n) is 3.82. The van der Waals surface area contributed by atoms with Crippen LogP contribution in [0.1, 0.15) is 24.5 Å². The summed E-state index contributed by atoms with van der Waals surface area (Å²) in [6, 6.07) is 16.0. The minimum atomic E-state index is -0.239. The first-order chi connectivity index (χ1) is 11.1. The van der Waals surface area contributed by atoms with Crippen molar-refractivity contribution in [3.8, 4) is 17.2 Å². The van der Waals surface area contributed by atoms with Gasteiger partial charge >= 0.3 is 0 Å². The van der Waals surface area contributed by atoms with Crippen LogP contribution in [0.3, 0.4) is 0 Å². The maximum atomic E-state index is 11.8. The number of aryl methyl sites for hydroxylation is 1. The highest BCUT2D eigenvalue weighted by atomic mass is 16.2. The van der Waals surface area contributed by atoms with Crippen LogP contribution in [0.25, 0.3) is 11.1 Å². The van der Waals surface area contributed by atoms with Crippen molar-refractivity contribution >= 4 is 11.6 Å². The third-order valence-corrected chi connectivity index (χ3v) is 3.82. The molecule has 1 amide bonds. The normalized spacial score (nSPS) is 9.96. The lowest BCUT2D eigenvalue weighted by Crippen LogP contribution is -2.24. The molecule has 116 valence electrons. The van der Waals surface area contributed by atoms with Crippen LogP contribution in [0, 0.1) is 11.3 Å². The molecule has 0 atom stereocenters. The molecule has 0 spiro atoms. The van der Waals surface area contributed by atoms with Crippen LogP contribution >= 0.6 is 0 Å². The zero-order chi connectivity index (χ0) is 16.8. The second kappa shape index (κ2) is 7.42. The highest BCUT2D eigenvalue weighted by Gasteiger charge is 2.15. The Hall–Kier alpha value is -2.86. The van der Waals surface area contributed by atoms with E-state index in [0.29, 0.717) is 11.3 Å². The minimum absolute atomic E-state index is 0.239. The largest absolute Gasteiger partial charge is 0.311 e. The van der Waals surface area contributed by atoms with Crippen molar-refractivity contribution in [2.75, 3.05) is 11.9 Å². The number of nitrogens with zero attached hydrogens (tertiary/aromatic N) is 2. The standard InChI is InChI=1S/C20H20N2O/c1-4-7-15-10-12-16(13-11-15)17-8-6-9-19(18(17)14-21)22(3)20(23)5-2/h5-6,8-13H,2,4,7H2,1,3H3. The molecule has 0 unspecified atom stereocenters. The topological polar surface area (TPSA) is 44.1 Å². The molecule has 2 aromatic carbocycles. The molecule has 0 heterocycles. The molecule has 0 N–H and O–H groups in total. The Morgan fingerprint density at radius 1 is 1.26 bits per heavy atom. The van der Waals surface area contributed by atoms with Crippen molar-refractivity contribution in [3.63, 3.8) is 0 Å². The molecule has 0 radical (unpaired) electrons. The van der Waals surface area contributed by atoms with Crippen LogP contribution in [0.2, 0.25) is 0 Å². The lowest BCUT2D eigenvalue weighted by atomic mass is 9.97. The predicted molar refractivity (Wildman–Crippen MR) is 94.2 cm³/mol. The fraction of sp³-hybridized carbons (Fsp3) is 0.200. The second-order valence-corrected chi connectivity index (χ2v) is 5.36. The zero-order valence-electron chi connectivity index (χ0n) is 13.5. The van der Waals surface area contributed by atoms with Gasteiger partial charge < -0.3 is 4.90 Å². The Bertz CT molecular complexity index is 754. The Kier molecular flexibility index (Phi) is 5.32. The molecule has 0 aromatic heterocycles. The molecule has 0 aliphatic rings. The lowest BCUT2D eigenvalue weighted by molar-refractivity contribution is -0.113. The van der Waals surface area contributed by atoms with Crippen LogP contribution in [0.5, 0.6) is 0 Å². The molecule has 0 bridgehead atoms. The van der Waals surface area contributed by atoms with Gasteiger partial charge in [-0.15, -0.1) is 0 Å². The number of hydrogen-bond donors (Lipinski definition) is 0. The molecular formula is C20H20N2O. The monoisotopic (exact) mass is 304 g/mol. The van der Waals surface area contributed by atoms with Gasteiger partial charge in [-0.2, -0.15) is 5.26 Å². The summed E-state index contributed by atoms with van der Waals surface area (Å²) < 4.78 is 0. The van der Waals surface area contributed by atoms with Crippen LogP contribution in [0.4, 0.5) is 5.69 Å². The van der Waals surface area contributed by atoms with E-state index in [4.69, 9.17) is 0 Å². The van der Waals surface area contributed by atoms with Gasteiger partial charge in [0.05, 0.1) is 11.3 Å². The van der Waals surface area contributed by atoms with Crippen LogP contribution in [-0.4, -0.2) is 13.0 Å². The van der Waals surface area contributed by atoms with E-state index in [9.17, 15) is 10.1 Å². The van der Waals surface area contributed by atoms with Crippen molar-refractivity contribution in [2.24, 2.45) is 0 Å². The second-order valence-electron chi connectivity index (χ2n) is 5.36. The summed E-state index contributed by atoms with van der Waals surface area (Å²) in [7, 11) is 1.65. The Labute approximate surface area is 137 Å². The number of benzene rings is 2. The van der Waals surface area contributed by atoms with Gasteiger partial charge in [-0.3, -0.25) is 4.79 Å². The van der Waals surface area contributed by atoms with Gasteiger partial charge in [-0.1, -0.05) is 56.3 Å². The Morgan fingerprint density at radius 2 is 1.96 bits per heavy atom. The third kappa shape index (κ3) is 3.49. The Balaban J connectivity index is 2.49. The Morgan fingerprint density at radius 3 is 2.52 bits per heavy atom. The molecule has 3 nitrogen and oxygen atoms in total. The van der Waals surface area contributed by atoms with Gasteiger partial charge in [0.1, 0.15) is 6.07 Å². The minimum Gasteiger partial charge on any atom is -0.311 e. The molecule has 23 heavy (non-hydrogen) atoms. The van der Waals surface area contributed by atoms with Crippen molar-refractivity contribution in [1.82, 2.24) is 0 Å². The first kappa shape index (κ1) is 16.5. The van der Waals surface area contributed by atoms with E-state index in [1.807, 2.05) is 24.3 Å². The number of carbonyl (C=O) groups is 1. The van der Waals surface area contributed by atoms with Gasteiger partial charge in [-0.25, -0.2) is 0 Å². The fourth-order valence-corrected chi connectivity index (χ4v) is 2.57. The number of rotatable bonds is 5. The highest BCUT2D eigenvalue weighted by molar-refractivity contribution is 6.02. The van der Waals surface area contributed by atoms with E-state index >= 15 is 0 Å². The molecule has 2 rings (SSSR count). The average molecular weight is 304 g/mol. The van der Waals surface area contributed by atoms with Crippen molar-refractivity contribution in [2.45, 2.75) is 19.8 Å². The van der Waals surface area contributed by atoms with Gasteiger partial charge in [0.25, 0.3) is 0 Å². The summed E-state index contributed by atoms with van der Waals surface area (Å²) >= 11 is 0. The maximum Gasteiger partial charge on any atom is 0.250 e.